The number of alkyl halides is 3. The number of nitrogens with one attached hydrogen (secondary N) is 1. The molecular formula is C16H25F3N2O3. The maximum atomic E-state index is 12.9. The molecule has 1 aliphatic carbocycles. The normalized spacial score (nSPS) is 25.2. The molecule has 2 aliphatic rings. The molecule has 1 heterocycles. The van der Waals surface area contributed by atoms with Crippen LogP contribution in [-0.2, 0) is 4.79 Å². The predicted octanol–water partition coefficient (Wildman–Crippen LogP) is 3.25. The van der Waals surface area contributed by atoms with E-state index in [0.717, 1.165) is 30.1 Å². The van der Waals surface area contributed by atoms with Crippen molar-refractivity contribution in [2.24, 2.45) is 17.8 Å². The van der Waals surface area contributed by atoms with Crippen molar-refractivity contribution in [2.75, 3.05) is 19.6 Å². The Bertz CT molecular complexity index is 450. The molecule has 0 aromatic rings. The molecule has 1 saturated carbocycles. The summed E-state index contributed by atoms with van der Waals surface area (Å²) in [5, 5.41) is 11.5. The summed E-state index contributed by atoms with van der Waals surface area (Å²) in [5.41, 5.74) is 0. The Morgan fingerprint density at radius 1 is 1.12 bits per heavy atom. The fourth-order valence-corrected chi connectivity index (χ4v) is 3.72. The van der Waals surface area contributed by atoms with Crippen LogP contribution in [0.3, 0.4) is 0 Å². The van der Waals surface area contributed by atoms with Gasteiger partial charge < -0.3 is 15.3 Å². The average molecular weight is 350 g/mol. The summed E-state index contributed by atoms with van der Waals surface area (Å²) >= 11 is 0. The number of carboxylic acid groups (broad SMARTS) is 1. The number of unbranched alkanes of at least 4 members (excludes halogenated alkanes) is 1. The van der Waals surface area contributed by atoms with Gasteiger partial charge >= 0.3 is 18.2 Å². The van der Waals surface area contributed by atoms with E-state index in [9.17, 15) is 22.8 Å². The van der Waals surface area contributed by atoms with Crippen LogP contribution in [-0.4, -0.2) is 47.8 Å². The topological polar surface area (TPSA) is 69.6 Å². The lowest BCUT2D eigenvalue weighted by Crippen LogP contribution is -2.40. The van der Waals surface area contributed by atoms with Crippen molar-refractivity contribution in [1.29, 1.82) is 0 Å². The molecule has 2 atom stereocenters. The Labute approximate surface area is 139 Å². The summed E-state index contributed by atoms with van der Waals surface area (Å²) in [7, 11) is 0. The molecule has 0 radical (unpaired) electrons. The van der Waals surface area contributed by atoms with E-state index in [2.05, 4.69) is 5.32 Å². The number of hydrogen-bond acceptors (Lipinski definition) is 2. The lowest BCUT2D eigenvalue weighted by atomic mass is 9.96. The fourth-order valence-electron chi connectivity index (χ4n) is 3.72. The lowest BCUT2D eigenvalue weighted by molar-refractivity contribution is -0.187. The molecule has 2 amide bonds. The highest BCUT2D eigenvalue weighted by Gasteiger charge is 2.53. The Morgan fingerprint density at radius 2 is 1.79 bits per heavy atom. The lowest BCUT2D eigenvalue weighted by Gasteiger charge is -2.18. The van der Waals surface area contributed by atoms with E-state index < -0.39 is 43.1 Å². The van der Waals surface area contributed by atoms with Crippen molar-refractivity contribution in [2.45, 2.75) is 51.1 Å². The molecule has 5 nitrogen and oxygen atoms in total. The standard InChI is InChI=1S/C16H25F3N2O3/c17-16(18,19)13-10-21(9-12(13)14(22)23)15(24)20-8-4-3-7-11-5-1-2-6-11/h11-13H,1-10H2,(H,20,24)(H,22,23)/t12-,13-/m1/s1. The Hall–Kier alpha value is -1.47. The van der Waals surface area contributed by atoms with Gasteiger partial charge in [0.15, 0.2) is 0 Å². The highest BCUT2D eigenvalue weighted by molar-refractivity contribution is 5.77. The zero-order chi connectivity index (χ0) is 17.7. The average Bonchev–Trinajstić information content (AvgIpc) is 3.15. The van der Waals surface area contributed by atoms with Gasteiger partial charge in [-0.15, -0.1) is 0 Å². The predicted molar refractivity (Wildman–Crippen MR) is 81.5 cm³/mol. The number of hydrogen-bond donors (Lipinski definition) is 2. The van der Waals surface area contributed by atoms with Crippen LogP contribution in [0.4, 0.5) is 18.0 Å². The number of carbonyl (C=O) groups is 2. The number of carboxylic acids is 1. The smallest absolute Gasteiger partial charge is 0.394 e. The fraction of sp³-hybridized carbons (Fsp3) is 0.875. The van der Waals surface area contributed by atoms with Gasteiger partial charge in [0.25, 0.3) is 0 Å². The number of likely N-dealkylation sites (tertiary alicyclic amines) is 1. The van der Waals surface area contributed by atoms with Gasteiger partial charge in [-0.1, -0.05) is 38.5 Å². The Kier molecular flexibility index (Phi) is 6.34. The molecule has 2 fully saturated rings. The summed E-state index contributed by atoms with van der Waals surface area (Å²) in [6, 6.07) is -0.603. The van der Waals surface area contributed by atoms with E-state index in [0.29, 0.717) is 6.54 Å². The zero-order valence-corrected chi connectivity index (χ0v) is 13.6. The van der Waals surface area contributed by atoms with Crippen LogP contribution in [0.2, 0.25) is 0 Å². The Balaban J connectivity index is 1.71. The molecular weight excluding hydrogens is 325 g/mol. The van der Waals surface area contributed by atoms with Gasteiger partial charge in [-0.25, -0.2) is 4.79 Å². The second-order valence-electron chi connectivity index (χ2n) is 6.88. The highest BCUT2D eigenvalue weighted by Crippen LogP contribution is 2.37. The monoisotopic (exact) mass is 350 g/mol. The van der Waals surface area contributed by atoms with Crippen LogP contribution in [0.1, 0.15) is 44.9 Å². The summed E-state index contributed by atoms with van der Waals surface area (Å²) in [5.74, 6) is -4.31. The number of rotatable bonds is 6. The number of amides is 2. The zero-order valence-electron chi connectivity index (χ0n) is 13.6. The van der Waals surface area contributed by atoms with Crippen LogP contribution in [0.15, 0.2) is 0 Å². The van der Waals surface area contributed by atoms with Gasteiger partial charge in [0.1, 0.15) is 0 Å². The van der Waals surface area contributed by atoms with Gasteiger partial charge in [-0.3, -0.25) is 4.79 Å². The summed E-state index contributed by atoms with van der Waals surface area (Å²) < 4.78 is 38.7. The van der Waals surface area contributed by atoms with E-state index in [-0.39, 0.29) is 0 Å². The molecule has 1 aliphatic heterocycles. The van der Waals surface area contributed by atoms with Crippen LogP contribution < -0.4 is 5.32 Å². The first-order chi connectivity index (χ1) is 11.3. The molecule has 0 bridgehead atoms. The molecule has 1 saturated heterocycles. The van der Waals surface area contributed by atoms with Crippen molar-refractivity contribution in [3.8, 4) is 0 Å². The van der Waals surface area contributed by atoms with Crippen molar-refractivity contribution < 1.29 is 27.9 Å². The van der Waals surface area contributed by atoms with Crippen LogP contribution in [0.25, 0.3) is 0 Å². The minimum atomic E-state index is -4.61. The second kappa shape index (κ2) is 8.07. The number of halogens is 3. The molecule has 0 aromatic carbocycles. The maximum Gasteiger partial charge on any atom is 0.394 e. The third-order valence-corrected chi connectivity index (χ3v) is 5.13. The SMILES string of the molecule is O=C(O)[C@@H]1CN(C(=O)NCCCCC2CCCC2)C[C@H]1C(F)(F)F. The van der Waals surface area contributed by atoms with E-state index in [1.165, 1.54) is 25.7 Å². The number of urea groups is 1. The van der Waals surface area contributed by atoms with Gasteiger partial charge in [-0.05, 0) is 12.3 Å². The van der Waals surface area contributed by atoms with E-state index in [1.807, 2.05) is 0 Å². The molecule has 0 aromatic heterocycles. The minimum Gasteiger partial charge on any atom is -0.481 e. The van der Waals surface area contributed by atoms with Gasteiger partial charge in [0.05, 0.1) is 11.8 Å². The maximum absolute atomic E-state index is 12.9. The minimum absolute atomic E-state index is 0.395. The third-order valence-electron chi connectivity index (χ3n) is 5.13. The molecule has 2 rings (SSSR count). The van der Waals surface area contributed by atoms with E-state index >= 15 is 0 Å². The van der Waals surface area contributed by atoms with Crippen molar-refractivity contribution in [3.63, 3.8) is 0 Å². The summed E-state index contributed by atoms with van der Waals surface area (Å²) in [6.45, 7) is -0.571. The highest BCUT2D eigenvalue weighted by atomic mass is 19.4. The van der Waals surface area contributed by atoms with Gasteiger partial charge in [-0.2, -0.15) is 13.2 Å². The summed E-state index contributed by atoms with van der Waals surface area (Å²) in [6.07, 6.45) is 3.44. The molecule has 0 unspecified atom stereocenters. The van der Waals surface area contributed by atoms with Crippen LogP contribution >= 0.6 is 0 Å². The first kappa shape index (κ1) is 18.9. The first-order valence-electron chi connectivity index (χ1n) is 8.61. The molecule has 0 spiro atoms. The molecule has 2 N–H and O–H groups in total. The number of carbonyl (C=O) groups excluding carboxylic acids is 1. The van der Waals surface area contributed by atoms with Gasteiger partial charge in [0.2, 0.25) is 0 Å². The van der Waals surface area contributed by atoms with E-state index in [4.69, 9.17) is 5.11 Å². The number of nitrogens with zero attached hydrogens (tertiary/aromatic N) is 1. The van der Waals surface area contributed by atoms with Crippen molar-refractivity contribution in [3.05, 3.63) is 0 Å². The first-order valence-corrected chi connectivity index (χ1v) is 8.61. The van der Waals surface area contributed by atoms with Crippen molar-refractivity contribution in [1.82, 2.24) is 10.2 Å². The molecule has 24 heavy (non-hydrogen) atoms. The second-order valence-corrected chi connectivity index (χ2v) is 6.88. The third kappa shape index (κ3) is 5.01. The quantitative estimate of drug-likeness (QED) is 0.723. The molecule has 138 valence electrons. The van der Waals surface area contributed by atoms with Gasteiger partial charge in [0, 0.05) is 19.6 Å². The summed E-state index contributed by atoms with van der Waals surface area (Å²) in [4.78, 5) is 23.9. The number of aliphatic carboxylic acids is 1. The van der Waals surface area contributed by atoms with E-state index in [1.54, 1.807) is 0 Å². The van der Waals surface area contributed by atoms with Crippen molar-refractivity contribution >= 4 is 12.0 Å². The van der Waals surface area contributed by atoms with Crippen LogP contribution in [0, 0.1) is 17.8 Å². The van der Waals surface area contributed by atoms with Crippen LogP contribution in [0.5, 0.6) is 0 Å². The Morgan fingerprint density at radius 3 is 2.33 bits per heavy atom. The largest absolute Gasteiger partial charge is 0.481 e. The molecule has 8 heteroatoms.